The summed E-state index contributed by atoms with van der Waals surface area (Å²) < 4.78 is 0. The van der Waals surface area contributed by atoms with Gasteiger partial charge in [0.15, 0.2) is 5.78 Å². The van der Waals surface area contributed by atoms with Crippen molar-refractivity contribution in [3.8, 4) is 0 Å². The van der Waals surface area contributed by atoms with Crippen LogP contribution in [0.2, 0.25) is 0 Å². The molecular weight excluding hydrogens is 226 g/mol. The van der Waals surface area contributed by atoms with Crippen molar-refractivity contribution in [2.45, 2.75) is 52.1 Å². The number of ketones is 1. The van der Waals surface area contributed by atoms with Crippen LogP contribution in [0.5, 0.6) is 0 Å². The third kappa shape index (κ3) is 4.65. The van der Waals surface area contributed by atoms with Crippen LogP contribution >= 0.6 is 0 Å². The Morgan fingerprint density at radius 1 is 1.33 bits per heavy atom. The topological polar surface area (TPSA) is 40.5 Å². The first-order valence-electron chi connectivity index (χ1n) is 7.02. The van der Waals surface area contributed by atoms with Gasteiger partial charge in [0.2, 0.25) is 0 Å². The van der Waals surface area contributed by atoms with Crippen LogP contribution in [0.3, 0.4) is 0 Å². The van der Waals surface area contributed by atoms with E-state index in [1.165, 1.54) is 0 Å². The van der Waals surface area contributed by atoms with E-state index in [9.17, 15) is 9.90 Å². The minimum atomic E-state index is -0.941. The predicted molar refractivity (Wildman–Crippen MR) is 74.2 cm³/mol. The van der Waals surface area contributed by atoms with E-state index >= 15 is 0 Å². The molecule has 0 saturated carbocycles. The number of unbranched alkanes of at least 4 members (excludes halogenated alkanes) is 2. The lowest BCUT2D eigenvalue weighted by molar-refractivity contribution is -0.121. The molecule has 0 aromatic heterocycles. The first-order valence-corrected chi connectivity index (χ1v) is 7.02. The Kier molecular flexibility index (Phi) is 6.73. The standard InChI is InChI=1S/C15H25NO2/c1-3-5-10-16(11-6-4-2)12-13-8-7-9-14(17)15(13)18/h7,9,12,14,17H,3-6,8,10-11H2,1-2H3. The van der Waals surface area contributed by atoms with Crippen molar-refractivity contribution in [2.75, 3.05) is 13.1 Å². The van der Waals surface area contributed by atoms with Crippen LogP contribution in [0, 0.1) is 0 Å². The minimum absolute atomic E-state index is 0.143. The van der Waals surface area contributed by atoms with Gasteiger partial charge in [0.05, 0.1) is 0 Å². The highest BCUT2D eigenvalue weighted by Crippen LogP contribution is 2.15. The molecule has 1 unspecified atom stereocenters. The molecule has 0 saturated heterocycles. The van der Waals surface area contributed by atoms with Crippen LogP contribution in [-0.2, 0) is 4.79 Å². The average Bonchev–Trinajstić information content (AvgIpc) is 2.38. The van der Waals surface area contributed by atoms with Crippen molar-refractivity contribution in [3.05, 3.63) is 23.9 Å². The zero-order valence-electron chi connectivity index (χ0n) is 11.6. The number of hydrogen-bond donors (Lipinski definition) is 1. The molecule has 1 N–H and O–H groups in total. The van der Waals surface area contributed by atoms with E-state index in [-0.39, 0.29) is 5.78 Å². The number of rotatable bonds is 7. The number of aliphatic hydroxyl groups excluding tert-OH is 1. The summed E-state index contributed by atoms with van der Waals surface area (Å²) in [6.07, 6.45) is 9.69. The highest BCUT2D eigenvalue weighted by molar-refractivity contribution is 6.00. The Labute approximate surface area is 110 Å². The lowest BCUT2D eigenvalue weighted by Crippen LogP contribution is -2.27. The summed E-state index contributed by atoms with van der Waals surface area (Å²) in [5.74, 6) is -0.143. The van der Waals surface area contributed by atoms with Gasteiger partial charge in [0.1, 0.15) is 6.10 Å². The number of hydrogen-bond acceptors (Lipinski definition) is 3. The molecule has 0 radical (unpaired) electrons. The molecule has 1 aliphatic carbocycles. The van der Waals surface area contributed by atoms with Crippen LogP contribution in [0.1, 0.15) is 46.0 Å². The SMILES string of the molecule is CCCCN(C=C1CC=CC(O)C1=O)CCCC. The van der Waals surface area contributed by atoms with Gasteiger partial charge in [-0.3, -0.25) is 4.79 Å². The number of carbonyl (C=O) groups is 1. The summed E-state index contributed by atoms with van der Waals surface area (Å²) in [5.41, 5.74) is 0.734. The molecule has 1 aliphatic rings. The summed E-state index contributed by atoms with van der Waals surface area (Å²) in [6.45, 7) is 6.33. The fraction of sp³-hybridized carbons (Fsp3) is 0.667. The van der Waals surface area contributed by atoms with Gasteiger partial charge in [-0.2, -0.15) is 0 Å². The van der Waals surface area contributed by atoms with Crippen molar-refractivity contribution in [1.29, 1.82) is 0 Å². The molecular formula is C15H25NO2. The van der Waals surface area contributed by atoms with E-state index in [1.54, 1.807) is 6.08 Å². The van der Waals surface area contributed by atoms with Gasteiger partial charge < -0.3 is 10.0 Å². The molecule has 1 rings (SSSR count). The molecule has 102 valence electrons. The third-order valence-corrected chi connectivity index (χ3v) is 3.18. The molecule has 0 fully saturated rings. The molecule has 0 heterocycles. The second-order valence-corrected chi connectivity index (χ2v) is 4.84. The van der Waals surface area contributed by atoms with Crippen molar-refractivity contribution in [2.24, 2.45) is 0 Å². The summed E-state index contributed by atoms with van der Waals surface area (Å²) in [4.78, 5) is 14.0. The maximum Gasteiger partial charge on any atom is 0.192 e. The maximum absolute atomic E-state index is 11.8. The maximum atomic E-state index is 11.8. The zero-order chi connectivity index (χ0) is 13.4. The van der Waals surface area contributed by atoms with Crippen LogP contribution in [0.25, 0.3) is 0 Å². The summed E-state index contributed by atoms with van der Waals surface area (Å²) in [5, 5.41) is 9.52. The molecule has 0 bridgehead atoms. The molecule has 3 heteroatoms. The normalized spacial score (nSPS) is 21.6. The Balaban J connectivity index is 2.66. The Hall–Kier alpha value is -1.09. The average molecular weight is 251 g/mol. The summed E-state index contributed by atoms with van der Waals surface area (Å²) in [6, 6.07) is 0. The van der Waals surface area contributed by atoms with Crippen molar-refractivity contribution in [1.82, 2.24) is 4.90 Å². The van der Waals surface area contributed by atoms with Gasteiger partial charge in [-0.15, -0.1) is 0 Å². The Morgan fingerprint density at radius 2 is 1.94 bits per heavy atom. The van der Waals surface area contributed by atoms with Crippen LogP contribution in [0.15, 0.2) is 23.9 Å². The van der Waals surface area contributed by atoms with E-state index < -0.39 is 6.10 Å². The van der Waals surface area contributed by atoms with E-state index in [0.717, 1.165) is 44.3 Å². The lowest BCUT2D eigenvalue weighted by atomic mass is 9.98. The lowest BCUT2D eigenvalue weighted by Gasteiger charge is -2.23. The summed E-state index contributed by atoms with van der Waals surface area (Å²) >= 11 is 0. The fourth-order valence-corrected chi connectivity index (χ4v) is 2.00. The van der Waals surface area contributed by atoms with Gasteiger partial charge in [-0.25, -0.2) is 0 Å². The highest BCUT2D eigenvalue weighted by atomic mass is 16.3. The van der Waals surface area contributed by atoms with Crippen molar-refractivity contribution >= 4 is 5.78 Å². The fourth-order valence-electron chi connectivity index (χ4n) is 2.00. The van der Waals surface area contributed by atoms with Gasteiger partial charge >= 0.3 is 0 Å². The van der Waals surface area contributed by atoms with Gasteiger partial charge in [0.25, 0.3) is 0 Å². The largest absolute Gasteiger partial charge is 0.381 e. The monoisotopic (exact) mass is 251 g/mol. The molecule has 0 aromatic rings. The smallest absolute Gasteiger partial charge is 0.192 e. The number of carbonyl (C=O) groups excluding carboxylic acids is 1. The minimum Gasteiger partial charge on any atom is -0.381 e. The van der Waals surface area contributed by atoms with Crippen molar-refractivity contribution in [3.63, 3.8) is 0 Å². The number of aliphatic hydroxyl groups is 1. The van der Waals surface area contributed by atoms with E-state index in [1.807, 2.05) is 12.3 Å². The number of nitrogens with zero attached hydrogens (tertiary/aromatic N) is 1. The first kappa shape index (κ1) is 15.0. The highest BCUT2D eigenvalue weighted by Gasteiger charge is 2.20. The van der Waals surface area contributed by atoms with Gasteiger partial charge in [-0.05, 0) is 19.3 Å². The molecule has 1 atom stereocenters. The van der Waals surface area contributed by atoms with Crippen LogP contribution in [-0.4, -0.2) is 35.0 Å². The summed E-state index contributed by atoms with van der Waals surface area (Å²) in [7, 11) is 0. The molecule has 0 aromatic carbocycles. The first-order chi connectivity index (χ1) is 8.69. The predicted octanol–water partition coefficient (Wildman–Crippen LogP) is 2.66. The van der Waals surface area contributed by atoms with E-state index in [4.69, 9.17) is 0 Å². The second kappa shape index (κ2) is 8.09. The molecule has 18 heavy (non-hydrogen) atoms. The van der Waals surface area contributed by atoms with Gasteiger partial charge in [0, 0.05) is 24.9 Å². The molecule has 0 spiro atoms. The van der Waals surface area contributed by atoms with Crippen molar-refractivity contribution < 1.29 is 9.90 Å². The quantitative estimate of drug-likeness (QED) is 0.558. The molecule has 0 amide bonds. The van der Waals surface area contributed by atoms with Gasteiger partial charge in [-0.1, -0.05) is 38.8 Å². The zero-order valence-corrected chi connectivity index (χ0v) is 11.6. The Morgan fingerprint density at radius 3 is 2.50 bits per heavy atom. The van der Waals surface area contributed by atoms with Crippen LogP contribution in [0.4, 0.5) is 0 Å². The molecule has 0 aliphatic heterocycles. The van der Waals surface area contributed by atoms with E-state index in [2.05, 4.69) is 18.7 Å². The van der Waals surface area contributed by atoms with Crippen LogP contribution < -0.4 is 0 Å². The third-order valence-electron chi connectivity index (χ3n) is 3.18. The number of Topliss-reactive ketones (excluding diaryl/α,β-unsaturated/α-hetero) is 1. The second-order valence-electron chi connectivity index (χ2n) is 4.84. The Bertz CT molecular complexity index is 312. The molecule has 3 nitrogen and oxygen atoms in total. The number of allylic oxidation sites excluding steroid dienone is 1. The van der Waals surface area contributed by atoms with E-state index in [0.29, 0.717) is 6.42 Å².